The van der Waals surface area contributed by atoms with Crippen LogP contribution in [0.2, 0.25) is 0 Å². The number of piperidine rings is 1. The lowest BCUT2D eigenvalue weighted by molar-refractivity contribution is -0.0822. The predicted octanol–water partition coefficient (Wildman–Crippen LogP) is 4.88. The molecule has 0 aromatic heterocycles. The van der Waals surface area contributed by atoms with Gasteiger partial charge in [0.15, 0.2) is 0 Å². The van der Waals surface area contributed by atoms with Crippen LogP contribution in [-0.4, -0.2) is 28.7 Å². The standard InChI is InChI=1S/C24H29NO.ClH/c1-16(2)24(26)12-13-25-15-21-19-8-4-3-6-17(19)10-11-18-7-5-9-20(23(18)21)22(25)14-24;/h3-9,16,21-22,26H,10-15H2,1-2H3;1H/t21-,22-,24-;/m1./s1. The summed E-state index contributed by atoms with van der Waals surface area (Å²) in [5, 5.41) is 11.2. The molecule has 3 atom stereocenters. The molecule has 0 spiro atoms. The summed E-state index contributed by atoms with van der Waals surface area (Å²) < 4.78 is 0. The van der Waals surface area contributed by atoms with Crippen LogP contribution in [0.15, 0.2) is 42.5 Å². The van der Waals surface area contributed by atoms with Crippen LogP contribution in [0.1, 0.15) is 66.5 Å². The second-order valence-corrected chi connectivity index (χ2v) is 8.89. The van der Waals surface area contributed by atoms with Crippen molar-refractivity contribution in [3.63, 3.8) is 0 Å². The summed E-state index contributed by atoms with van der Waals surface area (Å²) in [5.74, 6) is 0.798. The molecule has 1 aliphatic carbocycles. The Bertz CT molecular complexity index is 848. The molecule has 1 fully saturated rings. The van der Waals surface area contributed by atoms with Crippen LogP contribution in [0.4, 0.5) is 0 Å². The molecule has 2 aromatic rings. The van der Waals surface area contributed by atoms with Gasteiger partial charge < -0.3 is 5.11 Å². The van der Waals surface area contributed by atoms with Crippen LogP contribution in [0.5, 0.6) is 0 Å². The van der Waals surface area contributed by atoms with Crippen LogP contribution < -0.4 is 0 Å². The van der Waals surface area contributed by atoms with E-state index in [0.29, 0.717) is 17.9 Å². The Morgan fingerprint density at radius 2 is 1.70 bits per heavy atom. The Labute approximate surface area is 169 Å². The molecule has 144 valence electrons. The maximum atomic E-state index is 11.2. The molecule has 0 unspecified atom stereocenters. The quantitative estimate of drug-likeness (QED) is 0.758. The van der Waals surface area contributed by atoms with E-state index in [-0.39, 0.29) is 12.4 Å². The van der Waals surface area contributed by atoms with Crippen LogP contribution in [-0.2, 0) is 12.8 Å². The molecule has 0 amide bonds. The molecule has 3 aliphatic rings. The van der Waals surface area contributed by atoms with E-state index >= 15 is 0 Å². The highest BCUT2D eigenvalue weighted by atomic mass is 35.5. The largest absolute Gasteiger partial charge is 0.390 e. The maximum Gasteiger partial charge on any atom is 0.0700 e. The summed E-state index contributed by atoms with van der Waals surface area (Å²) in [6, 6.07) is 16.3. The van der Waals surface area contributed by atoms with E-state index in [1.54, 1.807) is 5.56 Å². The lowest BCUT2D eigenvalue weighted by Gasteiger charge is -2.50. The Kier molecular flexibility index (Phi) is 4.86. The summed E-state index contributed by atoms with van der Waals surface area (Å²) in [6.07, 6.45) is 4.04. The average molecular weight is 384 g/mol. The van der Waals surface area contributed by atoms with Gasteiger partial charge in [0.1, 0.15) is 0 Å². The van der Waals surface area contributed by atoms with Crippen molar-refractivity contribution in [3.05, 3.63) is 70.3 Å². The Morgan fingerprint density at radius 1 is 1.00 bits per heavy atom. The zero-order chi connectivity index (χ0) is 17.9. The first-order valence-corrected chi connectivity index (χ1v) is 10.2. The molecule has 0 saturated carbocycles. The first-order valence-electron chi connectivity index (χ1n) is 10.2. The minimum Gasteiger partial charge on any atom is -0.390 e. The highest BCUT2D eigenvalue weighted by Gasteiger charge is 2.45. The lowest BCUT2D eigenvalue weighted by Crippen LogP contribution is -2.51. The molecule has 0 radical (unpaired) electrons. The van der Waals surface area contributed by atoms with Crippen molar-refractivity contribution < 1.29 is 5.11 Å². The lowest BCUT2D eigenvalue weighted by atomic mass is 9.71. The van der Waals surface area contributed by atoms with Gasteiger partial charge in [0.2, 0.25) is 0 Å². The average Bonchev–Trinajstić information content (AvgIpc) is 2.81. The Morgan fingerprint density at radius 3 is 2.52 bits per heavy atom. The number of nitrogens with zero attached hydrogens (tertiary/aromatic N) is 1. The van der Waals surface area contributed by atoms with Gasteiger partial charge in [0.05, 0.1) is 5.60 Å². The first kappa shape index (κ1) is 19.0. The summed E-state index contributed by atoms with van der Waals surface area (Å²) in [7, 11) is 0. The summed E-state index contributed by atoms with van der Waals surface area (Å²) in [5.41, 5.74) is 7.11. The highest BCUT2D eigenvalue weighted by molar-refractivity contribution is 5.85. The molecule has 2 aromatic carbocycles. The van der Waals surface area contributed by atoms with E-state index in [4.69, 9.17) is 0 Å². The van der Waals surface area contributed by atoms with Gasteiger partial charge in [-0.2, -0.15) is 0 Å². The van der Waals surface area contributed by atoms with Crippen molar-refractivity contribution in [2.24, 2.45) is 5.92 Å². The smallest absolute Gasteiger partial charge is 0.0700 e. The minimum absolute atomic E-state index is 0. The second kappa shape index (κ2) is 6.92. The molecular weight excluding hydrogens is 354 g/mol. The third kappa shape index (κ3) is 2.93. The normalized spacial score (nSPS) is 29.2. The monoisotopic (exact) mass is 383 g/mol. The highest BCUT2D eigenvalue weighted by Crippen LogP contribution is 2.49. The van der Waals surface area contributed by atoms with Crippen LogP contribution in [0, 0.1) is 5.92 Å². The van der Waals surface area contributed by atoms with Crippen molar-refractivity contribution in [3.8, 4) is 0 Å². The number of rotatable bonds is 1. The van der Waals surface area contributed by atoms with E-state index in [2.05, 4.69) is 61.2 Å². The van der Waals surface area contributed by atoms with Gasteiger partial charge in [0.25, 0.3) is 0 Å². The maximum absolute atomic E-state index is 11.2. The van der Waals surface area contributed by atoms with E-state index in [0.717, 1.165) is 38.8 Å². The molecule has 2 aliphatic heterocycles. The molecule has 2 nitrogen and oxygen atoms in total. The van der Waals surface area contributed by atoms with Crippen molar-refractivity contribution in [2.45, 2.75) is 57.1 Å². The number of halogens is 1. The van der Waals surface area contributed by atoms with Crippen LogP contribution >= 0.6 is 12.4 Å². The van der Waals surface area contributed by atoms with Gasteiger partial charge in [-0.15, -0.1) is 12.4 Å². The third-order valence-electron chi connectivity index (χ3n) is 7.34. The van der Waals surface area contributed by atoms with E-state index in [1.807, 2.05) is 0 Å². The second-order valence-electron chi connectivity index (χ2n) is 8.89. The number of aliphatic hydroxyl groups is 1. The number of fused-ring (bicyclic) bond motifs is 4. The zero-order valence-corrected chi connectivity index (χ0v) is 17.1. The molecular formula is C24H30ClNO. The number of benzene rings is 2. The fourth-order valence-electron chi connectivity index (χ4n) is 5.63. The summed E-state index contributed by atoms with van der Waals surface area (Å²) >= 11 is 0. The minimum atomic E-state index is -0.528. The fraction of sp³-hybridized carbons (Fsp3) is 0.500. The zero-order valence-electron chi connectivity index (χ0n) is 16.3. The van der Waals surface area contributed by atoms with Crippen molar-refractivity contribution in [2.75, 3.05) is 13.1 Å². The SMILES string of the molecule is CC(C)[C@@]1(O)CCN2C[C@@H]3c4ccccc4CCc4cccc(c43)[C@H]2C1.Cl. The van der Waals surface area contributed by atoms with Gasteiger partial charge in [-0.05, 0) is 59.4 Å². The number of hydrogen-bond acceptors (Lipinski definition) is 2. The van der Waals surface area contributed by atoms with Crippen LogP contribution in [0.25, 0.3) is 0 Å². The molecule has 1 saturated heterocycles. The van der Waals surface area contributed by atoms with Gasteiger partial charge in [-0.1, -0.05) is 56.3 Å². The number of aryl methyl sites for hydroxylation is 2. The first-order chi connectivity index (χ1) is 12.6. The number of hydrogen-bond donors (Lipinski definition) is 1. The van der Waals surface area contributed by atoms with Gasteiger partial charge in [-0.25, -0.2) is 0 Å². The third-order valence-corrected chi connectivity index (χ3v) is 7.34. The van der Waals surface area contributed by atoms with Gasteiger partial charge in [-0.3, -0.25) is 4.90 Å². The molecule has 5 rings (SSSR count). The van der Waals surface area contributed by atoms with E-state index in [1.165, 1.54) is 22.3 Å². The molecule has 3 heteroatoms. The van der Waals surface area contributed by atoms with E-state index in [9.17, 15) is 5.11 Å². The summed E-state index contributed by atoms with van der Waals surface area (Å²) in [4.78, 5) is 2.65. The van der Waals surface area contributed by atoms with Crippen LogP contribution in [0.3, 0.4) is 0 Å². The van der Waals surface area contributed by atoms with Crippen molar-refractivity contribution >= 4 is 12.4 Å². The Balaban J connectivity index is 0.00000180. The van der Waals surface area contributed by atoms with E-state index < -0.39 is 5.60 Å². The van der Waals surface area contributed by atoms with Crippen molar-refractivity contribution in [1.82, 2.24) is 4.90 Å². The van der Waals surface area contributed by atoms with Gasteiger partial charge in [0, 0.05) is 25.0 Å². The molecule has 2 heterocycles. The predicted molar refractivity (Wildman–Crippen MR) is 113 cm³/mol. The van der Waals surface area contributed by atoms with Crippen molar-refractivity contribution in [1.29, 1.82) is 0 Å². The topological polar surface area (TPSA) is 23.5 Å². The molecule has 0 bridgehead atoms. The fourth-order valence-corrected chi connectivity index (χ4v) is 5.63. The summed E-state index contributed by atoms with van der Waals surface area (Å²) in [6.45, 7) is 6.44. The molecule has 1 N–H and O–H groups in total. The molecule has 27 heavy (non-hydrogen) atoms. The van der Waals surface area contributed by atoms with Gasteiger partial charge >= 0.3 is 0 Å². The Hall–Kier alpha value is -1.35.